The van der Waals surface area contributed by atoms with Crippen molar-refractivity contribution in [1.82, 2.24) is 20.6 Å². The lowest BCUT2D eigenvalue weighted by atomic mass is 10.0. The van der Waals surface area contributed by atoms with E-state index in [1.807, 2.05) is 38.1 Å². The van der Waals surface area contributed by atoms with Crippen LogP contribution in [0.2, 0.25) is 0 Å². The zero-order chi connectivity index (χ0) is 21.2. The van der Waals surface area contributed by atoms with Crippen LogP contribution in [0, 0.1) is 5.92 Å². The topological polar surface area (TPSA) is 116 Å². The summed E-state index contributed by atoms with van der Waals surface area (Å²) >= 11 is 0. The largest absolute Gasteiger partial charge is 0.497 e. The maximum Gasteiger partial charge on any atom is 0.320 e. The first-order valence-electron chi connectivity index (χ1n) is 9.75. The molecule has 2 atom stereocenters. The van der Waals surface area contributed by atoms with Gasteiger partial charge in [-0.2, -0.15) is 0 Å². The van der Waals surface area contributed by atoms with Gasteiger partial charge in [-0.25, -0.2) is 4.98 Å². The normalized spacial score (nSPS) is 13.1. The third-order valence-electron chi connectivity index (χ3n) is 4.57. The molecule has 0 aliphatic heterocycles. The van der Waals surface area contributed by atoms with Crippen LogP contribution >= 0.6 is 0 Å². The van der Waals surface area contributed by atoms with Crippen molar-refractivity contribution < 1.29 is 19.4 Å². The minimum Gasteiger partial charge on any atom is -0.497 e. The van der Waals surface area contributed by atoms with Crippen molar-refractivity contribution in [3.05, 3.63) is 48.0 Å². The molecule has 1 unspecified atom stereocenters. The van der Waals surface area contributed by atoms with Crippen molar-refractivity contribution in [2.45, 2.75) is 45.2 Å². The van der Waals surface area contributed by atoms with Crippen LogP contribution in [0.25, 0.3) is 0 Å². The van der Waals surface area contributed by atoms with Gasteiger partial charge in [-0.1, -0.05) is 26.0 Å². The molecule has 0 radical (unpaired) electrons. The molecule has 0 saturated carbocycles. The van der Waals surface area contributed by atoms with Gasteiger partial charge in [0.1, 0.15) is 11.8 Å². The van der Waals surface area contributed by atoms with Gasteiger partial charge in [0.05, 0.1) is 19.5 Å². The van der Waals surface area contributed by atoms with Gasteiger partial charge in [-0.3, -0.25) is 14.9 Å². The first-order valence-corrected chi connectivity index (χ1v) is 9.75. The highest BCUT2D eigenvalue weighted by atomic mass is 16.5. The Kier molecular flexibility index (Phi) is 8.67. The number of aromatic nitrogens is 2. The number of nitrogens with zero attached hydrogens (tertiary/aromatic N) is 1. The van der Waals surface area contributed by atoms with Gasteiger partial charge in [0.2, 0.25) is 5.91 Å². The summed E-state index contributed by atoms with van der Waals surface area (Å²) in [6.07, 6.45) is 4.61. The third-order valence-corrected chi connectivity index (χ3v) is 4.57. The van der Waals surface area contributed by atoms with Crippen molar-refractivity contribution in [3.8, 4) is 5.75 Å². The van der Waals surface area contributed by atoms with Gasteiger partial charge in [0, 0.05) is 24.9 Å². The molecule has 158 valence electrons. The highest BCUT2D eigenvalue weighted by molar-refractivity contribution is 5.83. The van der Waals surface area contributed by atoms with Crippen molar-refractivity contribution in [3.63, 3.8) is 0 Å². The Hall–Kier alpha value is -2.87. The summed E-state index contributed by atoms with van der Waals surface area (Å²) in [5, 5.41) is 15.4. The maximum atomic E-state index is 12.8. The number of hydrogen-bond donors (Lipinski definition) is 4. The standard InChI is InChI=1S/C21H30N4O4/c1-14(2)10-19(21(27)28)25-18(11-16-12-22-13-24-16)20(26)23-9-8-15-4-6-17(29-3)7-5-15/h4-7,12-14,18-19,25H,8-11H2,1-3H3,(H,22,24)(H,23,26)(H,27,28)/t18-,19?/m0/s1. The molecule has 1 aromatic heterocycles. The summed E-state index contributed by atoms with van der Waals surface area (Å²) < 4.78 is 5.14. The van der Waals surface area contributed by atoms with Gasteiger partial charge in [-0.05, 0) is 36.5 Å². The Morgan fingerprint density at radius 1 is 1.21 bits per heavy atom. The number of methoxy groups -OCH3 is 1. The van der Waals surface area contributed by atoms with E-state index >= 15 is 0 Å². The van der Waals surface area contributed by atoms with E-state index in [-0.39, 0.29) is 11.8 Å². The summed E-state index contributed by atoms with van der Waals surface area (Å²) in [4.78, 5) is 31.3. The van der Waals surface area contributed by atoms with Crippen molar-refractivity contribution in [2.75, 3.05) is 13.7 Å². The first-order chi connectivity index (χ1) is 13.9. The number of hydrogen-bond acceptors (Lipinski definition) is 5. The predicted molar refractivity (Wildman–Crippen MR) is 110 cm³/mol. The highest BCUT2D eigenvalue weighted by Crippen LogP contribution is 2.12. The Balaban J connectivity index is 1.98. The quantitative estimate of drug-likeness (QED) is 0.430. The minimum absolute atomic E-state index is 0.189. The molecule has 2 rings (SSSR count). The molecule has 8 heteroatoms. The van der Waals surface area contributed by atoms with E-state index in [2.05, 4.69) is 20.6 Å². The molecule has 0 aliphatic rings. The number of carboxylic acids is 1. The van der Waals surface area contributed by atoms with Crippen molar-refractivity contribution in [1.29, 1.82) is 0 Å². The van der Waals surface area contributed by atoms with E-state index in [1.54, 1.807) is 13.3 Å². The number of benzene rings is 1. The number of rotatable bonds is 12. The smallest absolute Gasteiger partial charge is 0.320 e. The summed E-state index contributed by atoms with van der Waals surface area (Å²) in [5.41, 5.74) is 1.84. The molecule has 2 aromatic rings. The Bertz CT molecular complexity index is 759. The number of carbonyl (C=O) groups is 2. The second-order valence-electron chi connectivity index (χ2n) is 7.41. The van der Waals surface area contributed by atoms with Gasteiger partial charge in [-0.15, -0.1) is 0 Å². The molecule has 4 N–H and O–H groups in total. The van der Waals surface area contributed by atoms with Gasteiger partial charge in [0.15, 0.2) is 0 Å². The van der Waals surface area contributed by atoms with E-state index in [1.165, 1.54) is 6.33 Å². The number of aromatic amines is 1. The number of imidazole rings is 1. The predicted octanol–water partition coefficient (Wildman–Crippen LogP) is 1.78. The molecule has 0 fully saturated rings. The van der Waals surface area contributed by atoms with Crippen LogP contribution in [0.15, 0.2) is 36.8 Å². The first kappa shape index (κ1) is 22.4. The summed E-state index contributed by atoms with van der Waals surface area (Å²) in [6, 6.07) is 6.19. The van der Waals surface area contributed by atoms with Crippen LogP contribution in [0.3, 0.4) is 0 Å². The number of carbonyl (C=O) groups excluding carboxylic acids is 1. The number of aliphatic carboxylic acids is 1. The Labute approximate surface area is 171 Å². The molecule has 8 nitrogen and oxygen atoms in total. The fourth-order valence-corrected chi connectivity index (χ4v) is 3.04. The molecule has 1 amide bonds. The molecule has 1 heterocycles. The average Bonchev–Trinajstić information content (AvgIpc) is 3.20. The third kappa shape index (κ3) is 7.57. The summed E-state index contributed by atoms with van der Waals surface area (Å²) in [5.74, 6) is -0.219. The lowest BCUT2D eigenvalue weighted by Crippen LogP contribution is -2.52. The highest BCUT2D eigenvalue weighted by Gasteiger charge is 2.27. The number of ether oxygens (including phenoxy) is 1. The molecule has 1 aromatic carbocycles. The van der Waals surface area contributed by atoms with Crippen LogP contribution in [-0.2, 0) is 22.4 Å². The number of amides is 1. The Morgan fingerprint density at radius 2 is 1.93 bits per heavy atom. The van der Waals surface area contributed by atoms with Crippen molar-refractivity contribution >= 4 is 11.9 Å². The van der Waals surface area contributed by atoms with Gasteiger partial charge < -0.3 is 20.1 Å². The zero-order valence-electron chi connectivity index (χ0n) is 17.1. The van der Waals surface area contributed by atoms with Crippen LogP contribution < -0.4 is 15.4 Å². The average molecular weight is 402 g/mol. The number of carboxylic acid groups (broad SMARTS) is 1. The van der Waals surface area contributed by atoms with E-state index in [9.17, 15) is 14.7 Å². The number of H-pyrrole nitrogens is 1. The van der Waals surface area contributed by atoms with Crippen LogP contribution in [0.1, 0.15) is 31.5 Å². The Morgan fingerprint density at radius 3 is 2.48 bits per heavy atom. The lowest BCUT2D eigenvalue weighted by molar-refractivity contribution is -0.140. The molecule has 0 bridgehead atoms. The van der Waals surface area contributed by atoms with Crippen molar-refractivity contribution in [2.24, 2.45) is 5.92 Å². The maximum absolute atomic E-state index is 12.8. The summed E-state index contributed by atoms with van der Waals surface area (Å²) in [6.45, 7) is 4.36. The second-order valence-corrected chi connectivity index (χ2v) is 7.41. The molecule has 29 heavy (non-hydrogen) atoms. The van der Waals surface area contributed by atoms with Crippen LogP contribution in [0.4, 0.5) is 0 Å². The molecule has 0 spiro atoms. The van der Waals surface area contributed by atoms with Gasteiger partial charge >= 0.3 is 5.97 Å². The van der Waals surface area contributed by atoms with E-state index < -0.39 is 18.1 Å². The SMILES string of the molecule is COc1ccc(CCNC(=O)[C@H](Cc2cnc[nH]2)NC(CC(C)C)C(=O)O)cc1. The van der Waals surface area contributed by atoms with Crippen LogP contribution in [-0.4, -0.2) is 52.7 Å². The molecular weight excluding hydrogens is 372 g/mol. The minimum atomic E-state index is -0.959. The lowest BCUT2D eigenvalue weighted by Gasteiger charge is -2.23. The monoisotopic (exact) mass is 402 g/mol. The van der Waals surface area contributed by atoms with E-state index in [4.69, 9.17) is 4.74 Å². The zero-order valence-corrected chi connectivity index (χ0v) is 17.1. The summed E-state index contributed by atoms with van der Waals surface area (Å²) in [7, 11) is 1.62. The molecular formula is C21H30N4O4. The fourth-order valence-electron chi connectivity index (χ4n) is 3.04. The van der Waals surface area contributed by atoms with E-state index in [0.29, 0.717) is 25.8 Å². The second kappa shape index (κ2) is 11.2. The molecule has 0 saturated heterocycles. The van der Waals surface area contributed by atoms with Crippen LogP contribution in [0.5, 0.6) is 5.75 Å². The number of nitrogens with one attached hydrogen (secondary N) is 3. The van der Waals surface area contributed by atoms with E-state index in [0.717, 1.165) is 17.0 Å². The molecule has 0 aliphatic carbocycles. The fraction of sp³-hybridized carbons (Fsp3) is 0.476. The van der Waals surface area contributed by atoms with Gasteiger partial charge in [0.25, 0.3) is 0 Å².